The number of nitrogens with zero attached hydrogens (tertiary/aromatic N) is 1. The normalized spacial score (nSPS) is 13.8. The van der Waals surface area contributed by atoms with Crippen LogP contribution < -0.4 is 9.64 Å². The first-order chi connectivity index (χ1) is 11.8. The van der Waals surface area contributed by atoms with E-state index in [1.54, 1.807) is 7.11 Å². The van der Waals surface area contributed by atoms with Crippen LogP contribution in [-0.2, 0) is 17.6 Å². The average Bonchev–Trinajstić information content (AvgIpc) is 3.03. The van der Waals surface area contributed by atoms with Crippen molar-refractivity contribution in [2.24, 2.45) is 0 Å². The van der Waals surface area contributed by atoms with Crippen LogP contribution in [0.25, 0.3) is 10.9 Å². The van der Waals surface area contributed by atoms with E-state index in [0.717, 1.165) is 47.3 Å². The van der Waals surface area contributed by atoms with Crippen molar-refractivity contribution in [1.82, 2.24) is 4.98 Å². The van der Waals surface area contributed by atoms with E-state index in [9.17, 15) is 4.79 Å². The molecular formula is C20H20N2O2. The summed E-state index contributed by atoms with van der Waals surface area (Å²) < 4.78 is 5.31. The minimum absolute atomic E-state index is 0.144. The van der Waals surface area contributed by atoms with Gasteiger partial charge in [0.2, 0.25) is 5.91 Å². The Bertz CT molecular complexity index is 898. The van der Waals surface area contributed by atoms with Crippen LogP contribution in [0.1, 0.15) is 17.5 Å². The Morgan fingerprint density at radius 1 is 1.25 bits per heavy atom. The quantitative estimate of drug-likeness (QED) is 0.800. The summed E-state index contributed by atoms with van der Waals surface area (Å²) >= 11 is 0. The summed E-state index contributed by atoms with van der Waals surface area (Å²) in [5.74, 6) is 0.949. The maximum atomic E-state index is 12.9. The van der Waals surface area contributed by atoms with Gasteiger partial charge in [0.1, 0.15) is 5.75 Å². The molecular weight excluding hydrogens is 300 g/mol. The topological polar surface area (TPSA) is 45.3 Å². The number of aryl methyl sites for hydroxylation is 1. The summed E-state index contributed by atoms with van der Waals surface area (Å²) in [6, 6.07) is 14.1. The number of fused-ring (bicyclic) bond motifs is 2. The molecule has 0 atom stereocenters. The maximum Gasteiger partial charge on any atom is 0.231 e. The second-order valence-corrected chi connectivity index (χ2v) is 6.18. The molecule has 4 heteroatoms. The molecule has 24 heavy (non-hydrogen) atoms. The Labute approximate surface area is 141 Å². The maximum absolute atomic E-state index is 12.9. The van der Waals surface area contributed by atoms with E-state index in [0.29, 0.717) is 6.42 Å². The van der Waals surface area contributed by atoms with Gasteiger partial charge in [-0.2, -0.15) is 0 Å². The van der Waals surface area contributed by atoms with Crippen molar-refractivity contribution in [3.8, 4) is 5.75 Å². The van der Waals surface area contributed by atoms with Gasteiger partial charge in [-0.25, -0.2) is 0 Å². The molecule has 1 amide bonds. The minimum atomic E-state index is 0.144. The lowest BCUT2D eigenvalue weighted by molar-refractivity contribution is -0.118. The summed E-state index contributed by atoms with van der Waals surface area (Å²) in [6.45, 7) is 0.793. The Balaban J connectivity index is 1.63. The number of rotatable bonds is 3. The number of carbonyl (C=O) groups is 1. The molecule has 0 radical (unpaired) electrons. The number of benzene rings is 2. The molecule has 4 nitrogen and oxygen atoms in total. The van der Waals surface area contributed by atoms with E-state index in [1.807, 2.05) is 47.5 Å². The average molecular weight is 320 g/mol. The lowest BCUT2D eigenvalue weighted by atomic mass is 10.0. The summed E-state index contributed by atoms with van der Waals surface area (Å²) in [6.07, 6.45) is 4.38. The van der Waals surface area contributed by atoms with E-state index in [4.69, 9.17) is 4.74 Å². The van der Waals surface area contributed by atoms with Crippen molar-refractivity contribution < 1.29 is 9.53 Å². The van der Waals surface area contributed by atoms with Crippen molar-refractivity contribution in [3.63, 3.8) is 0 Å². The van der Waals surface area contributed by atoms with E-state index in [2.05, 4.69) is 11.1 Å². The monoisotopic (exact) mass is 320 g/mol. The van der Waals surface area contributed by atoms with Crippen molar-refractivity contribution in [3.05, 3.63) is 59.8 Å². The van der Waals surface area contributed by atoms with Crippen LogP contribution in [0.4, 0.5) is 5.69 Å². The number of hydrogen-bond donors (Lipinski definition) is 1. The van der Waals surface area contributed by atoms with Crippen LogP contribution in [0.2, 0.25) is 0 Å². The van der Waals surface area contributed by atoms with Crippen molar-refractivity contribution in [1.29, 1.82) is 0 Å². The second kappa shape index (κ2) is 6.04. The van der Waals surface area contributed by atoms with Crippen molar-refractivity contribution >= 4 is 22.5 Å². The molecule has 3 aromatic rings. The Hall–Kier alpha value is -2.75. The third-order valence-electron chi connectivity index (χ3n) is 4.73. The first kappa shape index (κ1) is 14.8. The van der Waals surface area contributed by atoms with Gasteiger partial charge in [-0.05, 0) is 48.2 Å². The molecule has 1 N–H and O–H groups in total. The van der Waals surface area contributed by atoms with Crippen LogP contribution in [0.3, 0.4) is 0 Å². The fourth-order valence-corrected chi connectivity index (χ4v) is 3.48. The molecule has 0 aliphatic carbocycles. The summed E-state index contributed by atoms with van der Waals surface area (Å²) in [4.78, 5) is 18.1. The zero-order chi connectivity index (χ0) is 16.5. The number of ether oxygens (including phenoxy) is 1. The summed E-state index contributed by atoms with van der Waals surface area (Å²) in [5, 5.41) is 1.05. The summed E-state index contributed by atoms with van der Waals surface area (Å²) in [7, 11) is 1.66. The number of anilines is 1. The largest absolute Gasteiger partial charge is 0.497 e. The number of carbonyl (C=O) groups excluding carboxylic acids is 1. The zero-order valence-electron chi connectivity index (χ0n) is 13.7. The smallest absolute Gasteiger partial charge is 0.231 e. The summed E-state index contributed by atoms with van der Waals surface area (Å²) in [5.41, 5.74) is 4.36. The first-order valence-electron chi connectivity index (χ1n) is 8.28. The van der Waals surface area contributed by atoms with Gasteiger partial charge < -0.3 is 14.6 Å². The lowest BCUT2D eigenvalue weighted by Gasteiger charge is -2.29. The Kier molecular flexibility index (Phi) is 3.73. The highest BCUT2D eigenvalue weighted by Crippen LogP contribution is 2.29. The number of nitrogens with one attached hydrogen (secondary N) is 1. The van der Waals surface area contributed by atoms with Gasteiger partial charge in [-0.1, -0.05) is 18.2 Å². The molecule has 122 valence electrons. The molecule has 2 aromatic carbocycles. The van der Waals surface area contributed by atoms with Gasteiger partial charge in [0.05, 0.1) is 13.5 Å². The number of para-hydroxylation sites is 1. The highest BCUT2D eigenvalue weighted by atomic mass is 16.5. The van der Waals surface area contributed by atoms with Crippen LogP contribution in [0.15, 0.2) is 48.7 Å². The van der Waals surface area contributed by atoms with Crippen molar-refractivity contribution in [2.75, 3.05) is 18.6 Å². The number of amides is 1. The molecule has 4 rings (SSSR count). The third kappa shape index (κ3) is 2.54. The number of H-pyrrole nitrogens is 1. The Morgan fingerprint density at radius 3 is 3.00 bits per heavy atom. The van der Waals surface area contributed by atoms with Crippen LogP contribution >= 0.6 is 0 Å². The highest BCUT2D eigenvalue weighted by molar-refractivity contribution is 5.98. The predicted octanol–water partition coefficient (Wildman–Crippen LogP) is 3.70. The molecule has 0 unspecified atom stereocenters. The SMILES string of the molecule is COc1ccc2[nH]cc(CC(=O)N3CCCc4ccccc43)c2c1. The fraction of sp³-hybridized carbons (Fsp3) is 0.250. The molecule has 1 aliphatic rings. The van der Waals surface area contributed by atoms with E-state index >= 15 is 0 Å². The molecule has 0 saturated carbocycles. The van der Waals surface area contributed by atoms with Gasteiger partial charge in [0.15, 0.2) is 0 Å². The van der Waals surface area contributed by atoms with E-state index < -0.39 is 0 Å². The first-order valence-corrected chi connectivity index (χ1v) is 8.28. The number of hydrogen-bond acceptors (Lipinski definition) is 2. The highest BCUT2D eigenvalue weighted by Gasteiger charge is 2.23. The van der Waals surface area contributed by atoms with E-state index in [-0.39, 0.29) is 5.91 Å². The molecule has 1 aromatic heterocycles. The van der Waals surface area contributed by atoms with Crippen molar-refractivity contribution in [2.45, 2.75) is 19.3 Å². The molecule has 0 saturated heterocycles. The zero-order valence-corrected chi connectivity index (χ0v) is 13.7. The van der Waals surface area contributed by atoms with Crippen LogP contribution in [0, 0.1) is 0 Å². The minimum Gasteiger partial charge on any atom is -0.497 e. The number of aromatic nitrogens is 1. The molecule has 0 bridgehead atoms. The molecule has 1 aliphatic heterocycles. The lowest BCUT2D eigenvalue weighted by Crippen LogP contribution is -2.36. The van der Waals surface area contributed by atoms with Crippen LogP contribution in [0.5, 0.6) is 5.75 Å². The predicted molar refractivity (Wildman–Crippen MR) is 95.7 cm³/mol. The van der Waals surface area contributed by atoms with Gasteiger partial charge in [0, 0.05) is 29.3 Å². The standard InChI is InChI=1S/C20H20N2O2/c1-24-16-8-9-18-17(12-16)15(13-21-18)11-20(23)22-10-4-6-14-5-2-3-7-19(14)22/h2-3,5,7-9,12-13,21H,4,6,10-11H2,1H3. The van der Waals surface area contributed by atoms with E-state index in [1.165, 1.54) is 5.56 Å². The fourth-order valence-electron chi connectivity index (χ4n) is 3.48. The van der Waals surface area contributed by atoms with Crippen LogP contribution in [-0.4, -0.2) is 24.5 Å². The van der Waals surface area contributed by atoms with Gasteiger partial charge in [-0.3, -0.25) is 4.79 Å². The second-order valence-electron chi connectivity index (χ2n) is 6.18. The molecule has 0 spiro atoms. The van der Waals surface area contributed by atoms with Gasteiger partial charge in [-0.15, -0.1) is 0 Å². The van der Waals surface area contributed by atoms with Gasteiger partial charge >= 0.3 is 0 Å². The Morgan fingerprint density at radius 2 is 2.12 bits per heavy atom. The molecule has 0 fully saturated rings. The number of aromatic amines is 1. The number of methoxy groups -OCH3 is 1. The van der Waals surface area contributed by atoms with Gasteiger partial charge in [0.25, 0.3) is 0 Å². The molecule has 2 heterocycles. The third-order valence-corrected chi connectivity index (χ3v) is 4.73.